The summed E-state index contributed by atoms with van der Waals surface area (Å²) in [6, 6.07) is 65.4. The molecule has 8 aromatic carbocycles. The van der Waals surface area contributed by atoms with Crippen molar-refractivity contribution in [3.8, 4) is 39.3 Å². The van der Waals surface area contributed by atoms with Crippen LogP contribution in [0.5, 0.6) is 0 Å². The normalized spacial score (nSPS) is 16.7. The summed E-state index contributed by atoms with van der Waals surface area (Å²) in [5.74, 6) is 1.87. The Kier molecular flexibility index (Phi) is 9.10. The predicted octanol–water partition coefficient (Wildman–Crippen LogP) is 15.2. The van der Waals surface area contributed by atoms with Crippen molar-refractivity contribution in [2.75, 3.05) is 0 Å². The number of para-hydroxylation sites is 2. The molecule has 5 heteroatoms. The minimum absolute atomic E-state index is 0.196. The number of hydrogen-bond acceptors (Lipinski definition) is 4. The predicted molar refractivity (Wildman–Crippen MR) is 272 cm³/mol. The van der Waals surface area contributed by atoms with Gasteiger partial charge in [0.05, 0.1) is 33.5 Å². The second-order valence-corrected chi connectivity index (χ2v) is 17.9. The Morgan fingerprint density at radius 1 is 0.567 bits per heavy atom. The van der Waals surface area contributed by atoms with Gasteiger partial charge in [-0.2, -0.15) is 0 Å². The molecule has 3 heterocycles. The van der Waals surface area contributed by atoms with E-state index in [0.29, 0.717) is 12.3 Å². The van der Waals surface area contributed by atoms with Crippen LogP contribution in [0.2, 0.25) is 0 Å². The average molecular weight is 862 g/mol. The number of hydrogen-bond donors (Lipinski definition) is 0. The summed E-state index contributed by atoms with van der Waals surface area (Å²) in [5.41, 5.74) is 17.4. The van der Waals surface area contributed by atoms with Crippen LogP contribution in [-0.2, 0) is 6.42 Å². The molecule has 11 aromatic rings. The molecule has 3 aromatic heterocycles. The largest absolute Gasteiger partial charge is 0.456 e. The molecule has 3 aliphatic carbocycles. The van der Waals surface area contributed by atoms with Crippen LogP contribution in [0.15, 0.2) is 217 Å². The van der Waals surface area contributed by atoms with Gasteiger partial charge in [0.2, 0.25) is 0 Å². The lowest BCUT2D eigenvalue weighted by atomic mass is 9.77. The summed E-state index contributed by atoms with van der Waals surface area (Å²) < 4.78 is 8.62. The van der Waals surface area contributed by atoms with E-state index in [1.165, 1.54) is 27.8 Å². The molecule has 0 saturated heterocycles. The van der Waals surface area contributed by atoms with Crippen molar-refractivity contribution in [1.29, 1.82) is 0 Å². The molecule has 318 valence electrons. The number of ketones is 1. The van der Waals surface area contributed by atoms with Crippen LogP contribution < -0.4 is 0 Å². The molecule has 0 fully saturated rings. The molecular formula is C62H43N3O2. The average Bonchev–Trinajstić information content (AvgIpc) is 4.05. The maximum Gasteiger partial charge on any atom is 0.168 e. The third kappa shape index (κ3) is 6.26. The third-order valence-corrected chi connectivity index (χ3v) is 14.1. The summed E-state index contributed by atoms with van der Waals surface area (Å²) >= 11 is 0. The number of carbonyl (C=O) groups is 1. The topological polar surface area (TPSA) is 60.9 Å². The van der Waals surface area contributed by atoms with E-state index in [4.69, 9.17) is 4.42 Å². The van der Waals surface area contributed by atoms with Gasteiger partial charge >= 0.3 is 0 Å². The van der Waals surface area contributed by atoms with Crippen LogP contribution in [0.1, 0.15) is 50.3 Å². The lowest BCUT2D eigenvalue weighted by Gasteiger charge is -2.25. The van der Waals surface area contributed by atoms with Crippen LogP contribution in [-0.4, -0.2) is 20.3 Å². The van der Waals surface area contributed by atoms with Crippen molar-refractivity contribution in [2.24, 2.45) is 5.92 Å². The van der Waals surface area contributed by atoms with Gasteiger partial charge in [-0.25, -0.2) is 9.97 Å². The number of allylic oxidation sites excluding steroid dienone is 4. The third-order valence-electron chi connectivity index (χ3n) is 14.1. The van der Waals surface area contributed by atoms with E-state index in [9.17, 15) is 4.79 Å². The van der Waals surface area contributed by atoms with Gasteiger partial charge in [0.15, 0.2) is 5.78 Å². The van der Waals surface area contributed by atoms with Crippen LogP contribution in [0, 0.1) is 12.8 Å². The molecule has 3 aliphatic rings. The number of fused-ring (bicyclic) bond motifs is 14. The molecule has 0 bridgehead atoms. The molecule has 0 saturated carbocycles. The molecule has 3 unspecified atom stereocenters. The van der Waals surface area contributed by atoms with Gasteiger partial charge in [0.1, 0.15) is 17.0 Å². The fraction of sp³-hybridized carbons (Fsp3) is 0.0806. The van der Waals surface area contributed by atoms with Crippen molar-refractivity contribution in [3.05, 3.63) is 246 Å². The van der Waals surface area contributed by atoms with E-state index in [2.05, 4.69) is 166 Å². The first kappa shape index (κ1) is 39.0. The van der Waals surface area contributed by atoms with Crippen molar-refractivity contribution in [1.82, 2.24) is 14.5 Å². The molecule has 67 heavy (non-hydrogen) atoms. The van der Waals surface area contributed by atoms with Gasteiger partial charge in [0.25, 0.3) is 0 Å². The summed E-state index contributed by atoms with van der Waals surface area (Å²) in [7, 11) is 0. The molecule has 0 radical (unpaired) electrons. The maximum atomic E-state index is 14.7. The first-order valence-electron chi connectivity index (χ1n) is 23.1. The minimum Gasteiger partial charge on any atom is -0.456 e. The highest BCUT2D eigenvalue weighted by atomic mass is 16.3. The van der Waals surface area contributed by atoms with E-state index in [0.717, 1.165) is 88.9 Å². The molecular weight excluding hydrogens is 819 g/mol. The molecule has 0 aliphatic heterocycles. The van der Waals surface area contributed by atoms with Gasteiger partial charge < -0.3 is 8.98 Å². The van der Waals surface area contributed by atoms with Crippen molar-refractivity contribution >= 4 is 49.5 Å². The molecule has 5 nitrogen and oxygen atoms in total. The van der Waals surface area contributed by atoms with Crippen LogP contribution >= 0.6 is 0 Å². The van der Waals surface area contributed by atoms with Crippen LogP contribution in [0.4, 0.5) is 0 Å². The Labute approximate surface area is 388 Å². The lowest BCUT2D eigenvalue weighted by Crippen LogP contribution is -2.16. The zero-order chi connectivity index (χ0) is 44.6. The number of rotatable bonds is 4. The number of aromatic nitrogens is 3. The van der Waals surface area contributed by atoms with Crippen molar-refractivity contribution < 1.29 is 9.21 Å². The van der Waals surface area contributed by atoms with Crippen LogP contribution in [0.3, 0.4) is 0 Å². The Bertz CT molecular complexity index is 3770. The van der Waals surface area contributed by atoms with E-state index >= 15 is 0 Å². The Balaban J connectivity index is 0.000000197. The summed E-state index contributed by atoms with van der Waals surface area (Å²) in [5, 5.41) is 4.30. The van der Waals surface area contributed by atoms with E-state index in [1.54, 1.807) is 0 Å². The van der Waals surface area contributed by atoms with E-state index < -0.39 is 0 Å². The van der Waals surface area contributed by atoms with E-state index in [1.807, 2.05) is 67.6 Å². The standard InChI is InChI=1S/C45H29NO2.C17H14N2/c47-38-25-34-27(21-22-33-41(26-11-2-1-3-12-26)28-13-4-5-14-29(28)42(33)34)30-23-24-37-44(45(30)38)31-15-6-8-17-35(31)46(37)36-18-10-20-40-43(36)32-16-7-9-19-39(32)48-40;1-13-18-16(14-8-4-2-5-9-14)12-17(19-13)15-10-6-3-7-11-15/h1-24,28-29,41H,25H2;2-12H,1H3. The summed E-state index contributed by atoms with van der Waals surface area (Å²) in [6.07, 6.45) is 9.50. The van der Waals surface area contributed by atoms with Crippen molar-refractivity contribution in [3.63, 3.8) is 0 Å². The summed E-state index contributed by atoms with van der Waals surface area (Å²) in [6.45, 7) is 1.93. The fourth-order valence-corrected chi connectivity index (χ4v) is 11.4. The first-order valence-corrected chi connectivity index (χ1v) is 23.1. The highest BCUT2D eigenvalue weighted by Crippen LogP contribution is 2.56. The van der Waals surface area contributed by atoms with Gasteiger partial charge in [-0.3, -0.25) is 4.79 Å². The van der Waals surface area contributed by atoms with E-state index in [-0.39, 0.29) is 17.6 Å². The smallest absolute Gasteiger partial charge is 0.168 e. The number of Topliss-reactive ketones (excluding diaryl/α,β-unsaturated/α-hetero) is 1. The Morgan fingerprint density at radius 3 is 1.97 bits per heavy atom. The second kappa shape index (κ2) is 15.6. The molecule has 0 amide bonds. The fourth-order valence-electron chi connectivity index (χ4n) is 11.4. The maximum absolute atomic E-state index is 14.7. The Hall–Kier alpha value is -8.41. The highest BCUT2D eigenvalue weighted by Gasteiger charge is 2.43. The number of carbonyl (C=O) groups excluding carboxylic acids is 1. The molecule has 3 atom stereocenters. The van der Waals surface area contributed by atoms with Gasteiger partial charge in [-0.05, 0) is 82.6 Å². The minimum atomic E-state index is 0.196. The SMILES string of the molecule is Cc1nc(-c2ccccc2)cc(-c2ccccc2)n1.O=C1Cc2c(ccc3c2C2C=CC=CC2C3c2ccccc2)-c2ccc3c(c21)c1ccccc1n3-c1cccc2oc3ccccc3c12. The highest BCUT2D eigenvalue weighted by molar-refractivity contribution is 6.25. The monoisotopic (exact) mass is 861 g/mol. The quantitative estimate of drug-likeness (QED) is 0.177. The first-order chi connectivity index (χ1) is 33.1. The molecule has 14 rings (SSSR count). The second-order valence-electron chi connectivity index (χ2n) is 17.9. The molecule has 0 N–H and O–H groups in total. The molecule has 0 spiro atoms. The summed E-state index contributed by atoms with van der Waals surface area (Å²) in [4.78, 5) is 23.7. The lowest BCUT2D eigenvalue weighted by molar-refractivity contribution is 0.0993. The zero-order valence-corrected chi connectivity index (χ0v) is 36.8. The number of aryl methyl sites for hydroxylation is 1. The van der Waals surface area contributed by atoms with Crippen LogP contribution in [0.25, 0.3) is 83.1 Å². The van der Waals surface area contributed by atoms with Crippen molar-refractivity contribution in [2.45, 2.75) is 25.2 Å². The number of furan rings is 1. The number of benzene rings is 8. The number of nitrogens with zero attached hydrogens (tertiary/aromatic N) is 3. The van der Waals surface area contributed by atoms with Gasteiger partial charge in [-0.15, -0.1) is 0 Å². The Morgan fingerprint density at radius 2 is 1.21 bits per heavy atom. The zero-order valence-electron chi connectivity index (χ0n) is 36.8. The van der Waals surface area contributed by atoms with Gasteiger partial charge in [0, 0.05) is 51.1 Å². The van der Waals surface area contributed by atoms with Gasteiger partial charge in [-0.1, -0.05) is 176 Å².